The van der Waals surface area contributed by atoms with Crippen LogP contribution in [0.15, 0.2) is 15.9 Å². The third-order valence-electron chi connectivity index (χ3n) is 2.89. The Morgan fingerprint density at radius 2 is 2.47 bits per heavy atom. The molecule has 0 radical (unpaired) electrons. The highest BCUT2D eigenvalue weighted by Crippen LogP contribution is 2.26. The van der Waals surface area contributed by atoms with Crippen LogP contribution >= 0.6 is 27.3 Å². The summed E-state index contributed by atoms with van der Waals surface area (Å²) < 4.78 is 1.19. The van der Waals surface area contributed by atoms with Crippen LogP contribution in [0.2, 0.25) is 0 Å². The summed E-state index contributed by atoms with van der Waals surface area (Å²) in [4.78, 5) is 3.80. The van der Waals surface area contributed by atoms with Gasteiger partial charge in [0, 0.05) is 33.4 Å². The van der Waals surface area contributed by atoms with Gasteiger partial charge < -0.3 is 10.2 Å². The molecular weight excluding hydrogens is 272 g/mol. The number of likely N-dealkylation sites (N-methyl/N-ethyl adjacent to an activating group) is 1. The minimum atomic E-state index is 0.470. The molecule has 1 saturated heterocycles. The van der Waals surface area contributed by atoms with Crippen molar-refractivity contribution in [3.63, 3.8) is 0 Å². The second-order valence-electron chi connectivity index (χ2n) is 4.30. The van der Waals surface area contributed by atoms with Crippen molar-refractivity contribution >= 4 is 27.3 Å². The van der Waals surface area contributed by atoms with Crippen molar-refractivity contribution in [2.24, 2.45) is 0 Å². The Hall–Kier alpha value is 0.1000. The van der Waals surface area contributed by atoms with Crippen LogP contribution < -0.4 is 5.32 Å². The van der Waals surface area contributed by atoms with Crippen LogP contribution in [0.5, 0.6) is 0 Å². The third-order valence-corrected chi connectivity index (χ3v) is 4.77. The Kier molecular flexibility index (Phi) is 3.83. The summed E-state index contributed by atoms with van der Waals surface area (Å²) in [6.07, 6.45) is 1.27. The number of nitrogens with one attached hydrogen (secondary N) is 1. The van der Waals surface area contributed by atoms with Gasteiger partial charge in [0.1, 0.15) is 0 Å². The molecule has 84 valence electrons. The molecule has 2 nitrogen and oxygen atoms in total. The van der Waals surface area contributed by atoms with Crippen LogP contribution in [-0.4, -0.2) is 31.1 Å². The summed E-state index contributed by atoms with van der Waals surface area (Å²) >= 11 is 5.32. The topological polar surface area (TPSA) is 15.3 Å². The molecule has 2 unspecified atom stereocenters. The molecule has 0 spiro atoms. The molecule has 2 rings (SSSR count). The van der Waals surface area contributed by atoms with E-state index in [-0.39, 0.29) is 0 Å². The average Bonchev–Trinajstić information content (AvgIpc) is 2.75. The predicted octanol–water partition coefficient (Wildman–Crippen LogP) is 2.87. The molecule has 0 aromatic carbocycles. The van der Waals surface area contributed by atoms with Gasteiger partial charge in [0.05, 0.1) is 0 Å². The van der Waals surface area contributed by atoms with E-state index in [0.29, 0.717) is 12.1 Å². The Bertz CT molecular complexity index is 326. The van der Waals surface area contributed by atoms with Gasteiger partial charge in [0.15, 0.2) is 0 Å². The van der Waals surface area contributed by atoms with E-state index in [1.165, 1.54) is 28.9 Å². The van der Waals surface area contributed by atoms with Crippen molar-refractivity contribution in [3.8, 4) is 0 Å². The van der Waals surface area contributed by atoms with Crippen molar-refractivity contribution in [1.29, 1.82) is 0 Å². The highest BCUT2D eigenvalue weighted by Gasteiger charge is 2.21. The van der Waals surface area contributed by atoms with E-state index in [0.717, 1.165) is 0 Å². The SMILES string of the molecule is CC(NC1CCN(C)C1)c1cc(Br)cs1. The largest absolute Gasteiger partial charge is 0.305 e. The second-order valence-corrected chi connectivity index (χ2v) is 6.16. The van der Waals surface area contributed by atoms with E-state index >= 15 is 0 Å². The number of thiophene rings is 1. The zero-order valence-corrected chi connectivity index (χ0v) is 11.6. The van der Waals surface area contributed by atoms with E-state index in [4.69, 9.17) is 0 Å². The first kappa shape index (κ1) is 11.6. The summed E-state index contributed by atoms with van der Waals surface area (Å²) in [7, 11) is 2.19. The molecule has 1 aromatic heterocycles. The van der Waals surface area contributed by atoms with Gasteiger partial charge >= 0.3 is 0 Å². The van der Waals surface area contributed by atoms with E-state index < -0.39 is 0 Å². The van der Waals surface area contributed by atoms with Crippen LogP contribution in [0, 0.1) is 0 Å². The van der Waals surface area contributed by atoms with Crippen molar-refractivity contribution in [3.05, 3.63) is 20.8 Å². The lowest BCUT2D eigenvalue weighted by atomic mass is 10.2. The van der Waals surface area contributed by atoms with E-state index in [9.17, 15) is 0 Å². The molecule has 15 heavy (non-hydrogen) atoms. The first-order chi connectivity index (χ1) is 7.15. The molecular formula is C11H17BrN2S. The van der Waals surface area contributed by atoms with Gasteiger partial charge in [-0.3, -0.25) is 0 Å². The Balaban J connectivity index is 1.89. The van der Waals surface area contributed by atoms with Gasteiger partial charge in [-0.05, 0) is 48.9 Å². The molecule has 2 atom stereocenters. The lowest BCUT2D eigenvalue weighted by molar-refractivity contribution is 0.388. The summed E-state index contributed by atoms with van der Waals surface area (Å²) in [6, 6.07) is 3.34. The number of likely N-dealkylation sites (tertiary alicyclic amines) is 1. The fourth-order valence-electron chi connectivity index (χ4n) is 2.06. The molecule has 2 heterocycles. The normalized spacial score (nSPS) is 24.6. The number of halogens is 1. The molecule has 1 fully saturated rings. The van der Waals surface area contributed by atoms with Crippen LogP contribution in [0.1, 0.15) is 24.3 Å². The summed E-state index contributed by atoms with van der Waals surface area (Å²) in [5.41, 5.74) is 0. The lowest BCUT2D eigenvalue weighted by Crippen LogP contribution is -2.33. The molecule has 0 bridgehead atoms. The van der Waals surface area contributed by atoms with E-state index in [2.05, 4.69) is 51.6 Å². The van der Waals surface area contributed by atoms with Gasteiger partial charge in [-0.2, -0.15) is 0 Å². The second kappa shape index (κ2) is 4.95. The molecule has 1 aliphatic rings. The highest BCUT2D eigenvalue weighted by atomic mass is 79.9. The van der Waals surface area contributed by atoms with Gasteiger partial charge in [0.25, 0.3) is 0 Å². The van der Waals surface area contributed by atoms with Crippen molar-refractivity contribution < 1.29 is 0 Å². The van der Waals surface area contributed by atoms with Crippen LogP contribution in [-0.2, 0) is 0 Å². The highest BCUT2D eigenvalue weighted by molar-refractivity contribution is 9.10. The zero-order valence-electron chi connectivity index (χ0n) is 9.16. The first-order valence-corrected chi connectivity index (χ1v) is 7.01. The maximum atomic E-state index is 3.69. The minimum absolute atomic E-state index is 0.470. The standard InChI is InChI=1S/C11H17BrN2S/c1-8(11-5-9(12)7-15-11)13-10-3-4-14(2)6-10/h5,7-8,10,13H,3-4,6H2,1-2H3. The monoisotopic (exact) mass is 288 g/mol. The van der Waals surface area contributed by atoms with Crippen molar-refractivity contribution in [1.82, 2.24) is 10.2 Å². The van der Waals surface area contributed by atoms with Gasteiger partial charge in [0.2, 0.25) is 0 Å². The van der Waals surface area contributed by atoms with E-state index in [1.54, 1.807) is 0 Å². The van der Waals surface area contributed by atoms with Crippen LogP contribution in [0.4, 0.5) is 0 Å². The van der Waals surface area contributed by atoms with Crippen molar-refractivity contribution in [2.45, 2.75) is 25.4 Å². The average molecular weight is 289 g/mol. The van der Waals surface area contributed by atoms with Gasteiger partial charge in [-0.15, -0.1) is 11.3 Å². The summed E-state index contributed by atoms with van der Waals surface area (Å²) in [5, 5.41) is 5.83. The van der Waals surface area contributed by atoms with Crippen LogP contribution in [0.3, 0.4) is 0 Å². The van der Waals surface area contributed by atoms with Gasteiger partial charge in [-0.25, -0.2) is 0 Å². The smallest absolute Gasteiger partial charge is 0.0389 e. The third kappa shape index (κ3) is 3.03. The molecule has 1 aromatic rings. The number of rotatable bonds is 3. The van der Waals surface area contributed by atoms with Gasteiger partial charge in [-0.1, -0.05) is 0 Å². The molecule has 0 aliphatic carbocycles. The Labute approximate surface area is 104 Å². The Morgan fingerprint density at radius 3 is 3.00 bits per heavy atom. The summed E-state index contributed by atoms with van der Waals surface area (Å²) in [5.74, 6) is 0. The summed E-state index contributed by atoms with van der Waals surface area (Å²) in [6.45, 7) is 4.64. The molecule has 0 amide bonds. The fourth-order valence-corrected chi connectivity index (χ4v) is 3.52. The lowest BCUT2D eigenvalue weighted by Gasteiger charge is -2.18. The molecule has 0 saturated carbocycles. The maximum absolute atomic E-state index is 3.69. The molecule has 1 aliphatic heterocycles. The zero-order chi connectivity index (χ0) is 10.8. The number of hydrogen-bond donors (Lipinski definition) is 1. The van der Waals surface area contributed by atoms with E-state index in [1.807, 2.05) is 11.3 Å². The molecule has 1 N–H and O–H groups in total. The predicted molar refractivity (Wildman–Crippen MR) is 69.5 cm³/mol. The maximum Gasteiger partial charge on any atom is 0.0389 e. The Morgan fingerprint density at radius 1 is 1.67 bits per heavy atom. The van der Waals surface area contributed by atoms with Crippen LogP contribution in [0.25, 0.3) is 0 Å². The molecule has 4 heteroatoms. The number of hydrogen-bond acceptors (Lipinski definition) is 3. The number of nitrogens with zero attached hydrogens (tertiary/aromatic N) is 1. The van der Waals surface area contributed by atoms with Crippen molar-refractivity contribution in [2.75, 3.05) is 20.1 Å². The quantitative estimate of drug-likeness (QED) is 0.920. The first-order valence-electron chi connectivity index (χ1n) is 5.33. The fraction of sp³-hybridized carbons (Fsp3) is 0.636. The minimum Gasteiger partial charge on any atom is -0.305 e.